The van der Waals surface area contributed by atoms with Crippen LogP contribution in [0.15, 0.2) is 91.0 Å². The van der Waals surface area contributed by atoms with Gasteiger partial charge in [-0.25, -0.2) is 0 Å². The summed E-state index contributed by atoms with van der Waals surface area (Å²) >= 11 is 0. The molecule has 1 unspecified atom stereocenters. The van der Waals surface area contributed by atoms with Gasteiger partial charge in [0.15, 0.2) is 0 Å². The second kappa shape index (κ2) is 14.6. The highest BCUT2D eigenvalue weighted by Crippen LogP contribution is 2.47. The zero-order chi connectivity index (χ0) is 36.8. The molecule has 3 N–H and O–H groups in total. The number of amides is 3. The summed E-state index contributed by atoms with van der Waals surface area (Å²) < 4.78 is 6.30. The lowest BCUT2D eigenvalue weighted by atomic mass is 9.69. The van der Waals surface area contributed by atoms with E-state index in [1.807, 2.05) is 24.3 Å². The van der Waals surface area contributed by atoms with E-state index >= 15 is 0 Å². The lowest BCUT2D eigenvalue weighted by molar-refractivity contribution is -0.136. The van der Waals surface area contributed by atoms with E-state index in [9.17, 15) is 19.5 Å². The highest BCUT2D eigenvalue weighted by molar-refractivity contribution is 6.05. The Labute approximate surface area is 316 Å². The van der Waals surface area contributed by atoms with Gasteiger partial charge in [-0.15, -0.1) is 0 Å². The van der Waals surface area contributed by atoms with E-state index in [2.05, 4.69) is 76.2 Å². The SMILES string of the molecule is O=C1CCC(N2Cc3cc(OC4CC(NCC5CCN(c6ccc([C@@H]7c8ccc(O)cc8CC[C@@H]7c7ccccc7)cc6)CC5)C4)ccc3C2=O)C(=O)N1. The molecule has 3 fully saturated rings. The van der Waals surface area contributed by atoms with Crippen LogP contribution in [0.25, 0.3) is 0 Å². The summed E-state index contributed by atoms with van der Waals surface area (Å²) in [7, 11) is 0. The molecule has 4 aromatic carbocycles. The van der Waals surface area contributed by atoms with Crippen LogP contribution in [0.4, 0.5) is 5.69 Å². The molecule has 9 heteroatoms. The van der Waals surface area contributed by atoms with Crippen LogP contribution in [0.2, 0.25) is 0 Å². The second-order valence-corrected chi connectivity index (χ2v) is 16.0. The van der Waals surface area contributed by atoms with Gasteiger partial charge in [-0.3, -0.25) is 19.7 Å². The molecule has 278 valence electrons. The lowest BCUT2D eigenvalue weighted by Crippen LogP contribution is -2.52. The Hall–Kier alpha value is -5.15. The normalized spacial score (nSPS) is 25.5. The molecule has 0 bridgehead atoms. The first-order valence-corrected chi connectivity index (χ1v) is 19.8. The smallest absolute Gasteiger partial charge is 0.255 e. The van der Waals surface area contributed by atoms with Crippen molar-refractivity contribution in [2.75, 3.05) is 24.5 Å². The zero-order valence-electron chi connectivity index (χ0n) is 30.6. The van der Waals surface area contributed by atoms with E-state index in [0.29, 0.717) is 42.2 Å². The molecule has 1 saturated carbocycles. The van der Waals surface area contributed by atoms with E-state index in [4.69, 9.17) is 4.74 Å². The molecule has 9 nitrogen and oxygen atoms in total. The number of carbonyl (C=O) groups is 3. The van der Waals surface area contributed by atoms with Crippen LogP contribution in [-0.2, 0) is 22.6 Å². The van der Waals surface area contributed by atoms with Crippen molar-refractivity contribution in [1.82, 2.24) is 15.5 Å². The number of phenols is 1. The van der Waals surface area contributed by atoms with E-state index in [-0.39, 0.29) is 30.3 Å². The number of hydrogen-bond donors (Lipinski definition) is 3. The number of rotatable bonds is 9. The summed E-state index contributed by atoms with van der Waals surface area (Å²) in [5.74, 6) is 1.59. The number of nitrogens with one attached hydrogen (secondary N) is 2. The molecule has 9 rings (SSSR count). The lowest BCUT2D eigenvalue weighted by Gasteiger charge is -2.39. The first kappa shape index (κ1) is 34.6. The number of hydrogen-bond acceptors (Lipinski definition) is 7. The van der Waals surface area contributed by atoms with E-state index < -0.39 is 11.9 Å². The van der Waals surface area contributed by atoms with Gasteiger partial charge < -0.3 is 25.0 Å². The molecular weight excluding hydrogens is 677 g/mol. The van der Waals surface area contributed by atoms with Gasteiger partial charge in [0.2, 0.25) is 11.8 Å². The number of benzene rings is 4. The number of aromatic hydroxyl groups is 1. The maximum atomic E-state index is 13.0. The molecular formula is C45H48N4O5. The molecule has 3 heterocycles. The van der Waals surface area contributed by atoms with Crippen LogP contribution in [0.5, 0.6) is 11.5 Å². The third-order valence-electron chi connectivity index (χ3n) is 12.6. The first-order valence-electron chi connectivity index (χ1n) is 19.8. The van der Waals surface area contributed by atoms with Crippen LogP contribution in [0.1, 0.15) is 95.0 Å². The summed E-state index contributed by atoms with van der Waals surface area (Å²) in [5.41, 5.74) is 8.08. The van der Waals surface area contributed by atoms with E-state index in [1.165, 1.54) is 40.8 Å². The number of anilines is 1. The minimum atomic E-state index is -0.610. The van der Waals surface area contributed by atoms with Crippen molar-refractivity contribution in [3.05, 3.63) is 124 Å². The molecule has 5 aliphatic rings. The molecule has 3 aliphatic heterocycles. The third-order valence-corrected chi connectivity index (χ3v) is 12.6. The van der Waals surface area contributed by atoms with Crippen molar-refractivity contribution in [3.63, 3.8) is 0 Å². The minimum absolute atomic E-state index is 0.144. The Morgan fingerprint density at radius 1 is 0.796 bits per heavy atom. The van der Waals surface area contributed by atoms with Crippen molar-refractivity contribution >= 4 is 23.4 Å². The number of imide groups is 1. The van der Waals surface area contributed by atoms with Gasteiger partial charge in [0.1, 0.15) is 23.6 Å². The Balaban J connectivity index is 0.742. The minimum Gasteiger partial charge on any atom is -0.508 e. The number of ether oxygens (including phenoxy) is 1. The molecule has 54 heavy (non-hydrogen) atoms. The molecule has 0 aromatic heterocycles. The van der Waals surface area contributed by atoms with Gasteiger partial charge in [-0.1, -0.05) is 48.5 Å². The van der Waals surface area contributed by atoms with Crippen LogP contribution in [0, 0.1) is 5.92 Å². The van der Waals surface area contributed by atoms with Crippen molar-refractivity contribution in [1.29, 1.82) is 0 Å². The average Bonchev–Trinajstić information content (AvgIpc) is 3.50. The highest BCUT2D eigenvalue weighted by atomic mass is 16.5. The first-order chi connectivity index (χ1) is 26.4. The number of phenolic OH excluding ortho intramolecular Hbond substituents is 1. The summed E-state index contributed by atoms with van der Waals surface area (Å²) in [4.78, 5) is 41.1. The monoisotopic (exact) mass is 724 g/mol. The Bertz CT molecular complexity index is 2040. The maximum absolute atomic E-state index is 13.0. The number of piperidine rings is 2. The van der Waals surface area contributed by atoms with Gasteiger partial charge in [0, 0.05) is 49.3 Å². The quantitative estimate of drug-likeness (QED) is 0.171. The number of nitrogens with zero attached hydrogens (tertiary/aromatic N) is 2. The molecule has 2 aliphatic carbocycles. The van der Waals surface area contributed by atoms with Crippen LogP contribution in [-0.4, -0.2) is 65.5 Å². The van der Waals surface area contributed by atoms with Gasteiger partial charge in [-0.2, -0.15) is 0 Å². The zero-order valence-corrected chi connectivity index (χ0v) is 30.6. The predicted molar refractivity (Wildman–Crippen MR) is 207 cm³/mol. The topological polar surface area (TPSA) is 111 Å². The molecule has 3 amide bonds. The third kappa shape index (κ3) is 6.86. The van der Waals surface area contributed by atoms with Crippen molar-refractivity contribution in [2.45, 2.75) is 87.9 Å². The summed E-state index contributed by atoms with van der Waals surface area (Å²) in [5, 5.41) is 16.4. The van der Waals surface area contributed by atoms with Gasteiger partial charge in [0.05, 0.1) is 0 Å². The Morgan fingerprint density at radius 3 is 2.37 bits per heavy atom. The van der Waals surface area contributed by atoms with Crippen LogP contribution < -0.4 is 20.3 Å². The van der Waals surface area contributed by atoms with Crippen molar-refractivity contribution in [2.24, 2.45) is 5.92 Å². The van der Waals surface area contributed by atoms with Gasteiger partial charge in [0.25, 0.3) is 5.91 Å². The van der Waals surface area contributed by atoms with Crippen molar-refractivity contribution in [3.8, 4) is 11.5 Å². The van der Waals surface area contributed by atoms with E-state index in [0.717, 1.165) is 56.6 Å². The molecule has 2 saturated heterocycles. The van der Waals surface area contributed by atoms with Crippen LogP contribution >= 0.6 is 0 Å². The predicted octanol–water partition coefficient (Wildman–Crippen LogP) is 6.43. The average molecular weight is 725 g/mol. The summed E-state index contributed by atoms with van der Waals surface area (Å²) in [6.45, 7) is 3.50. The molecule has 0 spiro atoms. The number of aryl methyl sites for hydroxylation is 1. The molecule has 4 aromatic rings. The Morgan fingerprint density at radius 2 is 1.59 bits per heavy atom. The van der Waals surface area contributed by atoms with Crippen LogP contribution in [0.3, 0.4) is 0 Å². The standard InChI is InChI=1S/C45H48N4O5/c50-35-11-14-39-31(22-35)8-13-38(29-4-2-1-3-5-29)43(39)30-6-9-34(10-7-30)48-20-18-28(19-21-48)26-46-33-24-37(25-33)54-36-12-15-40-32(23-36)27-49(45(40)53)41-16-17-42(51)47-44(41)52/h1-7,9-12,14-15,22-23,28,33,37-38,41,43,46,50H,8,13,16-21,24-27H2,(H,47,51,52)/t33?,37?,38-,41?,43+/m1/s1. The Kier molecular flexibility index (Phi) is 9.35. The fraction of sp³-hybridized carbons (Fsp3) is 0.400. The molecule has 0 radical (unpaired) electrons. The van der Waals surface area contributed by atoms with Crippen molar-refractivity contribution < 1.29 is 24.2 Å². The second-order valence-electron chi connectivity index (χ2n) is 16.0. The largest absolute Gasteiger partial charge is 0.508 e. The summed E-state index contributed by atoms with van der Waals surface area (Å²) in [6.07, 6.45) is 7.05. The number of carbonyl (C=O) groups excluding carboxylic acids is 3. The van der Waals surface area contributed by atoms with Gasteiger partial charge in [-0.05, 0) is 134 Å². The summed E-state index contributed by atoms with van der Waals surface area (Å²) in [6, 6.07) is 31.5. The maximum Gasteiger partial charge on any atom is 0.255 e. The fourth-order valence-electron chi connectivity index (χ4n) is 9.54. The van der Waals surface area contributed by atoms with E-state index in [1.54, 1.807) is 11.0 Å². The van der Waals surface area contributed by atoms with Gasteiger partial charge >= 0.3 is 0 Å². The highest BCUT2D eigenvalue weighted by Gasteiger charge is 2.40. The fourth-order valence-corrected chi connectivity index (χ4v) is 9.54. The molecule has 3 atom stereocenters. The number of fused-ring (bicyclic) bond motifs is 2.